The van der Waals surface area contributed by atoms with Crippen molar-refractivity contribution in [2.45, 2.75) is 32.7 Å². The number of fused-ring (bicyclic) bond motifs is 1. The zero-order valence-electron chi connectivity index (χ0n) is 14.1. The van der Waals surface area contributed by atoms with Gasteiger partial charge in [-0.15, -0.1) is 0 Å². The second-order valence-corrected chi connectivity index (χ2v) is 6.38. The van der Waals surface area contributed by atoms with E-state index in [1.165, 1.54) is 0 Å². The van der Waals surface area contributed by atoms with Gasteiger partial charge in [-0.3, -0.25) is 14.4 Å². The number of likely N-dealkylation sites (tertiary alicyclic amines) is 1. The van der Waals surface area contributed by atoms with Crippen molar-refractivity contribution in [1.29, 1.82) is 0 Å². The molecule has 6 nitrogen and oxygen atoms in total. The molecule has 0 aromatic heterocycles. The Hall–Kier alpha value is -2.63. The quantitative estimate of drug-likeness (QED) is 0.802. The molecule has 3 rings (SSSR count). The van der Waals surface area contributed by atoms with Crippen molar-refractivity contribution in [2.24, 2.45) is 11.3 Å². The molecule has 6 heteroatoms. The van der Waals surface area contributed by atoms with Crippen molar-refractivity contribution < 1.29 is 24.2 Å². The minimum absolute atomic E-state index is 0.195. The van der Waals surface area contributed by atoms with Gasteiger partial charge in [-0.1, -0.05) is 36.4 Å². The third kappa shape index (κ3) is 2.81. The van der Waals surface area contributed by atoms with Crippen LogP contribution in [0.5, 0.6) is 0 Å². The highest BCUT2D eigenvalue weighted by Crippen LogP contribution is 2.55. The third-order valence-corrected chi connectivity index (χ3v) is 4.99. The van der Waals surface area contributed by atoms with Gasteiger partial charge >= 0.3 is 11.9 Å². The summed E-state index contributed by atoms with van der Waals surface area (Å²) < 4.78 is 5.24. The summed E-state index contributed by atoms with van der Waals surface area (Å²) >= 11 is 0. The molecule has 132 valence electrons. The molecule has 1 aliphatic carbocycles. The highest BCUT2D eigenvalue weighted by molar-refractivity contribution is 5.98. The number of carbonyl (C=O) groups excluding carboxylic acids is 2. The molecule has 1 heterocycles. The minimum atomic E-state index is -1.17. The van der Waals surface area contributed by atoms with E-state index in [2.05, 4.69) is 0 Å². The van der Waals surface area contributed by atoms with E-state index in [1.807, 2.05) is 36.4 Å². The van der Waals surface area contributed by atoms with Gasteiger partial charge in [0.15, 0.2) is 0 Å². The van der Waals surface area contributed by atoms with Gasteiger partial charge in [-0.2, -0.15) is 0 Å². The fourth-order valence-corrected chi connectivity index (χ4v) is 3.94. The second-order valence-electron chi connectivity index (χ2n) is 6.38. The van der Waals surface area contributed by atoms with E-state index in [-0.39, 0.29) is 18.9 Å². The summed E-state index contributed by atoms with van der Waals surface area (Å²) in [5, 5.41) is 9.27. The molecular weight excluding hydrogens is 322 g/mol. The Bertz CT molecular complexity index is 727. The van der Waals surface area contributed by atoms with Gasteiger partial charge in [0.2, 0.25) is 5.91 Å². The Morgan fingerprint density at radius 2 is 2.04 bits per heavy atom. The van der Waals surface area contributed by atoms with Crippen LogP contribution in [0.25, 0.3) is 0 Å². The van der Waals surface area contributed by atoms with Gasteiger partial charge in [0.25, 0.3) is 0 Å². The number of nitrogens with zero attached hydrogens (tertiary/aromatic N) is 1. The molecule has 2 atom stereocenters. The standard InChI is InChI=1S/C19H21NO5/c1-2-25-18(24)19-10-6-9-15(19)20(12-13-7-4-3-5-8-13)17(23)14(19)11-16(21)22/h3-5,7-9,14H,2,6,10-12H2,1H3,(H,21,22)/t14-,19+/m1/s1. The number of aliphatic carboxylic acids is 1. The maximum absolute atomic E-state index is 13.0. The predicted molar refractivity (Wildman–Crippen MR) is 89.1 cm³/mol. The van der Waals surface area contributed by atoms with E-state index in [9.17, 15) is 19.5 Å². The number of hydrogen-bond donors (Lipinski definition) is 1. The number of esters is 1. The Balaban J connectivity index is 2.00. The lowest BCUT2D eigenvalue weighted by atomic mass is 9.74. The molecule has 1 saturated heterocycles. The molecule has 0 unspecified atom stereocenters. The average Bonchev–Trinajstić information content (AvgIpc) is 3.10. The zero-order valence-corrected chi connectivity index (χ0v) is 14.1. The number of benzene rings is 1. The predicted octanol–water partition coefficient (Wildman–Crippen LogP) is 2.35. The fourth-order valence-electron chi connectivity index (χ4n) is 3.94. The van der Waals surface area contributed by atoms with Crippen LogP contribution >= 0.6 is 0 Å². The topological polar surface area (TPSA) is 83.9 Å². The van der Waals surface area contributed by atoms with E-state index in [4.69, 9.17) is 4.74 Å². The maximum atomic E-state index is 13.0. The number of ether oxygens (including phenoxy) is 1. The molecule has 1 aromatic carbocycles. The minimum Gasteiger partial charge on any atom is -0.481 e. The first-order valence-electron chi connectivity index (χ1n) is 8.45. The van der Waals surface area contributed by atoms with Crippen LogP contribution in [0.2, 0.25) is 0 Å². The summed E-state index contributed by atoms with van der Waals surface area (Å²) in [6.45, 7) is 2.22. The molecule has 0 bridgehead atoms. The first-order valence-corrected chi connectivity index (χ1v) is 8.45. The number of carboxylic acid groups (broad SMARTS) is 1. The highest BCUT2D eigenvalue weighted by Gasteiger charge is 2.63. The number of hydrogen-bond acceptors (Lipinski definition) is 4. The number of carboxylic acids is 1. The molecule has 0 radical (unpaired) electrons. The molecular formula is C19H21NO5. The van der Waals surface area contributed by atoms with Gasteiger partial charge in [-0.05, 0) is 25.3 Å². The molecule has 1 fully saturated rings. The van der Waals surface area contributed by atoms with Crippen molar-refractivity contribution in [3.63, 3.8) is 0 Å². The summed E-state index contributed by atoms with van der Waals surface area (Å²) in [4.78, 5) is 38.6. The molecule has 25 heavy (non-hydrogen) atoms. The van der Waals surface area contributed by atoms with Crippen molar-refractivity contribution in [1.82, 2.24) is 4.90 Å². The van der Waals surface area contributed by atoms with E-state index < -0.39 is 23.3 Å². The molecule has 0 saturated carbocycles. The van der Waals surface area contributed by atoms with Crippen LogP contribution in [-0.2, 0) is 25.7 Å². The Kier molecular flexibility index (Phi) is 4.61. The Labute approximate surface area is 146 Å². The SMILES string of the molecule is CCOC(=O)[C@]12CCC=C1N(Cc1ccccc1)C(=O)[C@H]2CC(=O)O. The van der Waals surface area contributed by atoms with Crippen molar-refractivity contribution in [3.05, 3.63) is 47.7 Å². The summed E-state index contributed by atoms with van der Waals surface area (Å²) in [5.41, 5.74) is 0.365. The summed E-state index contributed by atoms with van der Waals surface area (Å²) in [5.74, 6) is -2.81. The van der Waals surface area contributed by atoms with Crippen LogP contribution in [0.15, 0.2) is 42.1 Å². The van der Waals surface area contributed by atoms with Crippen LogP contribution in [0.1, 0.15) is 31.7 Å². The third-order valence-electron chi connectivity index (χ3n) is 4.99. The van der Waals surface area contributed by atoms with Crippen LogP contribution in [0, 0.1) is 11.3 Å². The second kappa shape index (κ2) is 6.70. The fraction of sp³-hybridized carbons (Fsp3) is 0.421. The Morgan fingerprint density at radius 3 is 2.68 bits per heavy atom. The van der Waals surface area contributed by atoms with Gasteiger partial charge in [0.05, 0.1) is 25.5 Å². The average molecular weight is 343 g/mol. The first kappa shape index (κ1) is 17.2. The van der Waals surface area contributed by atoms with Crippen LogP contribution in [0.3, 0.4) is 0 Å². The van der Waals surface area contributed by atoms with E-state index >= 15 is 0 Å². The lowest BCUT2D eigenvalue weighted by molar-refractivity contribution is -0.158. The number of amides is 1. The lowest BCUT2D eigenvalue weighted by Crippen LogP contribution is -2.39. The number of rotatable bonds is 6. The van der Waals surface area contributed by atoms with E-state index in [0.29, 0.717) is 25.1 Å². The molecule has 1 aliphatic heterocycles. The summed E-state index contributed by atoms with van der Waals surface area (Å²) in [7, 11) is 0. The van der Waals surface area contributed by atoms with Crippen molar-refractivity contribution in [2.75, 3.05) is 6.61 Å². The highest BCUT2D eigenvalue weighted by atomic mass is 16.5. The molecule has 1 N–H and O–H groups in total. The van der Waals surface area contributed by atoms with Crippen LogP contribution < -0.4 is 0 Å². The molecule has 0 spiro atoms. The normalized spacial score (nSPS) is 24.8. The maximum Gasteiger partial charge on any atom is 0.318 e. The molecule has 1 amide bonds. The Morgan fingerprint density at radius 1 is 1.32 bits per heavy atom. The summed E-state index contributed by atoms with van der Waals surface area (Å²) in [6, 6.07) is 9.46. The van der Waals surface area contributed by atoms with E-state index in [1.54, 1.807) is 11.8 Å². The first-order chi connectivity index (χ1) is 12.0. The van der Waals surface area contributed by atoms with E-state index in [0.717, 1.165) is 5.56 Å². The van der Waals surface area contributed by atoms with Gasteiger partial charge < -0.3 is 14.7 Å². The zero-order chi connectivity index (χ0) is 18.0. The molecule has 1 aromatic rings. The van der Waals surface area contributed by atoms with Gasteiger partial charge in [0, 0.05) is 5.70 Å². The van der Waals surface area contributed by atoms with Gasteiger partial charge in [-0.25, -0.2) is 0 Å². The van der Waals surface area contributed by atoms with Crippen LogP contribution in [0.4, 0.5) is 0 Å². The van der Waals surface area contributed by atoms with Gasteiger partial charge in [0.1, 0.15) is 5.41 Å². The lowest BCUT2D eigenvalue weighted by Gasteiger charge is -2.28. The summed E-state index contributed by atoms with van der Waals surface area (Å²) in [6.07, 6.45) is 2.54. The number of allylic oxidation sites excluding steroid dienone is 1. The number of carbonyl (C=O) groups is 3. The van der Waals surface area contributed by atoms with Crippen molar-refractivity contribution >= 4 is 17.8 Å². The molecule has 2 aliphatic rings. The largest absolute Gasteiger partial charge is 0.481 e. The van der Waals surface area contributed by atoms with Crippen molar-refractivity contribution in [3.8, 4) is 0 Å². The smallest absolute Gasteiger partial charge is 0.318 e. The van der Waals surface area contributed by atoms with Crippen LogP contribution in [-0.4, -0.2) is 34.5 Å². The monoisotopic (exact) mass is 343 g/mol.